The molecule has 0 bridgehead atoms. The van der Waals surface area contributed by atoms with E-state index in [1.807, 2.05) is 6.07 Å². The number of hydrogen-bond acceptors (Lipinski definition) is 3. The number of hydrogen-bond donors (Lipinski definition) is 0. The summed E-state index contributed by atoms with van der Waals surface area (Å²) in [6.45, 7) is 2.03. The van der Waals surface area contributed by atoms with E-state index < -0.39 is 5.97 Å². The zero-order chi connectivity index (χ0) is 11.4. The van der Waals surface area contributed by atoms with Gasteiger partial charge in [-0.2, -0.15) is 5.26 Å². The highest BCUT2D eigenvalue weighted by atomic mass is 127. The van der Waals surface area contributed by atoms with Crippen LogP contribution in [0.25, 0.3) is 0 Å². The summed E-state index contributed by atoms with van der Waals surface area (Å²) in [6, 6.07) is 5.40. The predicted molar refractivity (Wildman–Crippen MR) is 67.5 cm³/mol. The molecule has 0 N–H and O–H groups in total. The lowest BCUT2D eigenvalue weighted by molar-refractivity contribution is 0.0526. The third-order valence-electron chi connectivity index (χ3n) is 1.66. The second kappa shape index (κ2) is 5.47. The van der Waals surface area contributed by atoms with Crippen LogP contribution in [0.1, 0.15) is 22.8 Å². The second-order valence-corrected chi connectivity index (χ2v) is 4.74. The Labute approximate surface area is 110 Å². The molecule has 0 spiro atoms. The van der Waals surface area contributed by atoms with Gasteiger partial charge >= 0.3 is 5.97 Å². The molecule has 0 saturated carbocycles. The number of esters is 1. The van der Waals surface area contributed by atoms with E-state index in [2.05, 4.69) is 38.5 Å². The Morgan fingerprint density at radius 3 is 2.87 bits per heavy atom. The van der Waals surface area contributed by atoms with Crippen molar-refractivity contribution in [2.75, 3.05) is 6.61 Å². The summed E-state index contributed by atoms with van der Waals surface area (Å²) in [5, 5.41) is 8.92. The van der Waals surface area contributed by atoms with E-state index in [4.69, 9.17) is 10.00 Å². The molecule has 1 aromatic carbocycles. The van der Waals surface area contributed by atoms with Gasteiger partial charge in [0.25, 0.3) is 0 Å². The first kappa shape index (κ1) is 12.5. The van der Waals surface area contributed by atoms with Crippen LogP contribution in [0.2, 0.25) is 0 Å². The second-order valence-electron chi connectivity index (χ2n) is 2.64. The topological polar surface area (TPSA) is 50.1 Å². The van der Waals surface area contributed by atoms with Crippen molar-refractivity contribution in [3.8, 4) is 6.07 Å². The van der Waals surface area contributed by atoms with Gasteiger partial charge in [-0.15, -0.1) is 0 Å². The monoisotopic (exact) mass is 379 g/mol. The van der Waals surface area contributed by atoms with E-state index in [1.165, 1.54) is 0 Å². The number of nitriles is 1. The summed E-state index contributed by atoms with van der Waals surface area (Å²) in [4.78, 5) is 11.5. The Balaban J connectivity index is 3.28. The van der Waals surface area contributed by atoms with Crippen LogP contribution in [-0.4, -0.2) is 12.6 Å². The highest BCUT2D eigenvalue weighted by molar-refractivity contribution is 14.1. The van der Waals surface area contributed by atoms with Gasteiger partial charge in [-0.05, 0) is 57.6 Å². The molecule has 0 aliphatic heterocycles. The minimum atomic E-state index is -0.465. The molecule has 0 fully saturated rings. The molecule has 0 aliphatic carbocycles. The third-order valence-corrected chi connectivity index (χ3v) is 2.91. The maximum atomic E-state index is 11.5. The first-order chi connectivity index (χ1) is 7.10. The summed E-state index contributed by atoms with van der Waals surface area (Å²) in [5.74, 6) is -0.465. The zero-order valence-corrected chi connectivity index (χ0v) is 11.6. The molecular formula is C10H7BrINO2. The van der Waals surface area contributed by atoms with Gasteiger partial charge in [0.05, 0.1) is 17.7 Å². The summed E-state index contributed by atoms with van der Waals surface area (Å²) >= 11 is 5.32. The lowest BCUT2D eigenvalue weighted by Gasteiger charge is -2.06. The molecule has 1 aromatic rings. The number of rotatable bonds is 2. The fourth-order valence-corrected chi connectivity index (χ4v) is 2.66. The molecule has 0 radical (unpaired) electrons. The van der Waals surface area contributed by atoms with Crippen molar-refractivity contribution < 1.29 is 9.53 Å². The molecule has 78 valence electrons. The van der Waals surface area contributed by atoms with E-state index in [9.17, 15) is 4.79 Å². The summed E-state index contributed by atoms with van der Waals surface area (Å²) in [5.41, 5.74) is 0.618. The van der Waals surface area contributed by atoms with Crippen molar-refractivity contribution in [1.82, 2.24) is 0 Å². The van der Waals surface area contributed by atoms with Crippen molar-refractivity contribution in [2.24, 2.45) is 0 Å². The maximum Gasteiger partial charge on any atom is 0.339 e. The molecule has 5 heteroatoms. The Morgan fingerprint density at radius 2 is 2.33 bits per heavy atom. The first-order valence-electron chi connectivity index (χ1n) is 4.16. The van der Waals surface area contributed by atoms with E-state index >= 15 is 0 Å². The van der Waals surface area contributed by atoms with E-state index in [0.29, 0.717) is 22.2 Å². The highest BCUT2D eigenvalue weighted by Crippen LogP contribution is 2.24. The average Bonchev–Trinajstić information content (AvgIpc) is 2.17. The lowest BCUT2D eigenvalue weighted by atomic mass is 10.1. The van der Waals surface area contributed by atoms with E-state index in [-0.39, 0.29) is 0 Å². The molecule has 0 saturated heterocycles. The largest absolute Gasteiger partial charge is 0.462 e. The number of nitrogens with zero attached hydrogens (tertiary/aromatic N) is 1. The number of halogens is 2. The van der Waals surface area contributed by atoms with Gasteiger partial charge in [-0.25, -0.2) is 4.79 Å². The van der Waals surface area contributed by atoms with Crippen LogP contribution in [0.15, 0.2) is 16.6 Å². The average molecular weight is 380 g/mol. The normalized spacial score (nSPS) is 9.47. The lowest BCUT2D eigenvalue weighted by Crippen LogP contribution is -2.07. The van der Waals surface area contributed by atoms with Crippen molar-refractivity contribution in [1.29, 1.82) is 5.26 Å². The number of carbonyl (C=O) groups is 1. The quantitative estimate of drug-likeness (QED) is 0.586. The maximum absolute atomic E-state index is 11.5. The van der Waals surface area contributed by atoms with Crippen LogP contribution >= 0.6 is 38.5 Å². The highest BCUT2D eigenvalue weighted by Gasteiger charge is 2.15. The van der Waals surface area contributed by atoms with Crippen LogP contribution in [-0.2, 0) is 4.74 Å². The Morgan fingerprint density at radius 1 is 1.67 bits per heavy atom. The standard InChI is InChI=1S/C10H7BrINO2/c1-2-15-10(14)7-3-6(12)4-9(11)8(7)5-13/h3-4H,2H2,1H3. The van der Waals surface area contributed by atoms with E-state index in [0.717, 1.165) is 3.57 Å². The molecular weight excluding hydrogens is 373 g/mol. The first-order valence-corrected chi connectivity index (χ1v) is 6.03. The summed E-state index contributed by atoms with van der Waals surface area (Å²) < 4.78 is 6.35. The van der Waals surface area contributed by atoms with Gasteiger partial charge in [0, 0.05) is 8.04 Å². The Hall–Kier alpha value is -0.610. The third kappa shape index (κ3) is 2.92. The van der Waals surface area contributed by atoms with Gasteiger partial charge in [-0.3, -0.25) is 0 Å². The molecule has 0 atom stereocenters. The molecule has 0 amide bonds. The number of ether oxygens (including phenoxy) is 1. The number of carbonyl (C=O) groups excluding carboxylic acids is 1. The van der Waals surface area contributed by atoms with Crippen molar-refractivity contribution >= 4 is 44.5 Å². The fraction of sp³-hybridized carbons (Fsp3) is 0.200. The smallest absolute Gasteiger partial charge is 0.339 e. The molecule has 15 heavy (non-hydrogen) atoms. The van der Waals surface area contributed by atoms with Gasteiger partial charge in [0.1, 0.15) is 6.07 Å². The Bertz CT molecular complexity index is 440. The van der Waals surface area contributed by atoms with Crippen LogP contribution in [0.5, 0.6) is 0 Å². The van der Waals surface area contributed by atoms with Crippen LogP contribution in [0.3, 0.4) is 0 Å². The molecule has 0 unspecified atom stereocenters. The van der Waals surface area contributed by atoms with Crippen LogP contribution < -0.4 is 0 Å². The molecule has 0 heterocycles. The van der Waals surface area contributed by atoms with Crippen molar-refractivity contribution in [3.63, 3.8) is 0 Å². The predicted octanol–water partition coefficient (Wildman–Crippen LogP) is 3.10. The number of benzene rings is 1. The van der Waals surface area contributed by atoms with Gasteiger partial charge in [-0.1, -0.05) is 0 Å². The minimum absolute atomic E-state index is 0.298. The van der Waals surface area contributed by atoms with Gasteiger partial charge in [0.15, 0.2) is 0 Å². The van der Waals surface area contributed by atoms with Crippen molar-refractivity contribution in [3.05, 3.63) is 31.3 Å². The molecule has 0 aliphatic rings. The molecule has 0 aromatic heterocycles. The summed E-state index contributed by atoms with van der Waals surface area (Å²) in [7, 11) is 0. The summed E-state index contributed by atoms with van der Waals surface area (Å²) in [6.07, 6.45) is 0. The van der Waals surface area contributed by atoms with Crippen LogP contribution in [0, 0.1) is 14.9 Å². The van der Waals surface area contributed by atoms with Gasteiger partial charge in [0.2, 0.25) is 0 Å². The van der Waals surface area contributed by atoms with Crippen LogP contribution in [0.4, 0.5) is 0 Å². The molecule has 3 nitrogen and oxygen atoms in total. The van der Waals surface area contributed by atoms with Crippen molar-refractivity contribution in [2.45, 2.75) is 6.92 Å². The Kier molecular flexibility index (Phi) is 4.54. The molecule has 1 rings (SSSR count). The fourth-order valence-electron chi connectivity index (χ4n) is 1.06. The SMILES string of the molecule is CCOC(=O)c1cc(I)cc(Br)c1C#N. The minimum Gasteiger partial charge on any atom is -0.462 e. The zero-order valence-electron chi connectivity index (χ0n) is 7.88. The van der Waals surface area contributed by atoms with E-state index in [1.54, 1.807) is 19.1 Å². The van der Waals surface area contributed by atoms with Gasteiger partial charge < -0.3 is 4.74 Å².